The molecule has 0 N–H and O–H groups in total. The van der Waals surface area contributed by atoms with Gasteiger partial charge >= 0.3 is 0 Å². The smallest absolute Gasteiger partial charge is 0.245 e. The second-order valence-corrected chi connectivity index (χ2v) is 7.12. The van der Waals surface area contributed by atoms with Crippen LogP contribution in [0.25, 0.3) is 0 Å². The number of pyridine rings is 1. The highest BCUT2D eigenvalue weighted by molar-refractivity contribution is 9.10. The van der Waals surface area contributed by atoms with E-state index >= 15 is 0 Å². The Hall–Kier alpha value is -0.460. The first kappa shape index (κ1) is 14.6. The highest BCUT2D eigenvalue weighted by Gasteiger charge is 2.29. The molecule has 17 heavy (non-hydrogen) atoms. The Morgan fingerprint density at radius 3 is 2.12 bits per heavy atom. The fourth-order valence-corrected chi connectivity index (χ4v) is 4.15. The van der Waals surface area contributed by atoms with Crippen molar-refractivity contribution in [1.29, 1.82) is 0 Å². The number of halogens is 1. The van der Waals surface area contributed by atoms with Crippen molar-refractivity contribution >= 4 is 26.0 Å². The maximum Gasteiger partial charge on any atom is 0.245 e. The lowest BCUT2D eigenvalue weighted by atomic mass is 10.3. The van der Waals surface area contributed by atoms with Crippen LogP contribution in [0, 0.1) is 0 Å². The molecule has 0 bridgehead atoms. The van der Waals surface area contributed by atoms with E-state index in [9.17, 15) is 8.42 Å². The summed E-state index contributed by atoms with van der Waals surface area (Å²) in [4.78, 5) is 4.12. The molecule has 1 aromatic heterocycles. The molecule has 0 aromatic carbocycles. The molecule has 0 aliphatic heterocycles. The number of hydrogen-bond donors (Lipinski definition) is 0. The van der Waals surface area contributed by atoms with E-state index in [1.165, 1.54) is 10.5 Å². The Bertz CT molecular complexity index is 478. The number of hydrogen-bond acceptors (Lipinski definition) is 3. The molecule has 0 saturated heterocycles. The van der Waals surface area contributed by atoms with Gasteiger partial charge in [0.05, 0.1) is 0 Å². The van der Waals surface area contributed by atoms with E-state index in [0.29, 0.717) is 4.47 Å². The molecule has 0 aliphatic carbocycles. The molecule has 0 aliphatic rings. The van der Waals surface area contributed by atoms with Gasteiger partial charge in [0, 0.05) is 29.0 Å². The molecule has 1 rings (SSSR count). The van der Waals surface area contributed by atoms with Crippen molar-refractivity contribution in [2.45, 2.75) is 44.7 Å². The van der Waals surface area contributed by atoms with Crippen molar-refractivity contribution in [2.75, 3.05) is 0 Å². The Kier molecular flexibility index (Phi) is 4.69. The van der Waals surface area contributed by atoms with Crippen molar-refractivity contribution in [3.05, 3.63) is 22.9 Å². The molecule has 0 radical (unpaired) electrons. The van der Waals surface area contributed by atoms with Crippen LogP contribution in [0.4, 0.5) is 0 Å². The molecule has 0 amide bonds. The number of aromatic nitrogens is 1. The van der Waals surface area contributed by atoms with Gasteiger partial charge in [0.1, 0.15) is 4.90 Å². The highest BCUT2D eigenvalue weighted by Crippen LogP contribution is 2.22. The fraction of sp³-hybridized carbons (Fsp3) is 0.545. The van der Waals surface area contributed by atoms with Crippen LogP contribution in [-0.2, 0) is 10.0 Å². The van der Waals surface area contributed by atoms with Gasteiger partial charge in [-0.3, -0.25) is 4.98 Å². The van der Waals surface area contributed by atoms with E-state index in [1.54, 1.807) is 12.3 Å². The third kappa shape index (κ3) is 3.26. The molecule has 0 unspecified atom stereocenters. The van der Waals surface area contributed by atoms with E-state index in [2.05, 4.69) is 20.9 Å². The van der Waals surface area contributed by atoms with Crippen molar-refractivity contribution < 1.29 is 8.42 Å². The van der Waals surface area contributed by atoms with Crippen LogP contribution in [0.15, 0.2) is 27.8 Å². The zero-order valence-corrected chi connectivity index (χ0v) is 12.8. The van der Waals surface area contributed by atoms with Crippen LogP contribution < -0.4 is 0 Å². The molecule has 96 valence electrons. The van der Waals surface area contributed by atoms with Crippen LogP contribution in [0.2, 0.25) is 0 Å². The summed E-state index contributed by atoms with van der Waals surface area (Å²) < 4.78 is 27.0. The van der Waals surface area contributed by atoms with Gasteiger partial charge in [-0.25, -0.2) is 8.42 Å². The summed E-state index contributed by atoms with van der Waals surface area (Å²) in [7, 11) is -3.48. The Morgan fingerprint density at radius 2 is 1.71 bits per heavy atom. The van der Waals surface area contributed by atoms with Crippen molar-refractivity contribution in [2.24, 2.45) is 0 Å². The van der Waals surface area contributed by atoms with Gasteiger partial charge in [0.2, 0.25) is 10.0 Å². The van der Waals surface area contributed by atoms with Crippen molar-refractivity contribution in [3.8, 4) is 0 Å². The molecule has 4 nitrogen and oxygen atoms in total. The molecule has 0 atom stereocenters. The van der Waals surface area contributed by atoms with E-state index in [-0.39, 0.29) is 17.0 Å². The van der Waals surface area contributed by atoms with Crippen LogP contribution in [0.3, 0.4) is 0 Å². The summed E-state index contributed by atoms with van der Waals surface area (Å²) >= 11 is 3.23. The van der Waals surface area contributed by atoms with E-state index in [4.69, 9.17) is 0 Å². The molecular formula is C11H17BrN2O2S. The van der Waals surface area contributed by atoms with Gasteiger partial charge in [0.15, 0.2) is 0 Å². The van der Waals surface area contributed by atoms with Gasteiger partial charge < -0.3 is 0 Å². The Balaban J connectivity index is 3.26. The molecule has 0 spiro atoms. The molecule has 1 aromatic rings. The predicted octanol–water partition coefficient (Wildman–Crippen LogP) is 2.65. The predicted molar refractivity (Wildman–Crippen MR) is 71.2 cm³/mol. The average Bonchev–Trinajstić information content (AvgIpc) is 2.15. The second-order valence-electron chi connectivity index (χ2n) is 4.36. The standard InChI is InChI=1S/C11H17BrN2O2S/c1-8(2)14(9(3)4)17(15,16)11-5-10(12)6-13-7-11/h5-9H,1-4H3. The van der Waals surface area contributed by atoms with E-state index in [0.717, 1.165) is 0 Å². The second kappa shape index (κ2) is 5.46. The monoisotopic (exact) mass is 320 g/mol. The minimum absolute atomic E-state index is 0.0843. The lowest BCUT2D eigenvalue weighted by Crippen LogP contribution is -2.41. The van der Waals surface area contributed by atoms with E-state index in [1.807, 2.05) is 27.7 Å². The molecule has 0 fully saturated rings. The quantitative estimate of drug-likeness (QED) is 0.857. The summed E-state index contributed by atoms with van der Waals surface area (Å²) in [6, 6.07) is 1.40. The van der Waals surface area contributed by atoms with E-state index < -0.39 is 10.0 Å². The molecule has 1 heterocycles. The van der Waals surface area contributed by atoms with Crippen LogP contribution in [0.5, 0.6) is 0 Å². The number of nitrogens with zero attached hydrogens (tertiary/aromatic N) is 2. The van der Waals surface area contributed by atoms with Gasteiger partial charge in [0.25, 0.3) is 0 Å². The van der Waals surface area contributed by atoms with Gasteiger partial charge in [-0.15, -0.1) is 0 Å². The Morgan fingerprint density at radius 1 is 1.18 bits per heavy atom. The minimum atomic E-state index is -3.48. The Labute approximate surface area is 111 Å². The van der Waals surface area contributed by atoms with Crippen LogP contribution in [0.1, 0.15) is 27.7 Å². The molecule has 6 heteroatoms. The number of rotatable bonds is 4. The first-order chi connectivity index (χ1) is 7.76. The summed E-state index contributed by atoms with van der Waals surface area (Å²) in [5, 5.41) is 0. The minimum Gasteiger partial charge on any atom is -0.262 e. The summed E-state index contributed by atoms with van der Waals surface area (Å²) in [5.74, 6) is 0. The topological polar surface area (TPSA) is 50.3 Å². The first-order valence-corrected chi connectivity index (χ1v) is 7.64. The third-order valence-electron chi connectivity index (χ3n) is 2.27. The average molecular weight is 321 g/mol. The summed E-state index contributed by atoms with van der Waals surface area (Å²) in [6.45, 7) is 7.46. The molecule has 0 saturated carbocycles. The van der Waals surface area contributed by atoms with Crippen LogP contribution >= 0.6 is 15.9 Å². The zero-order valence-electron chi connectivity index (χ0n) is 10.4. The maximum atomic E-state index is 12.4. The summed E-state index contributed by atoms with van der Waals surface area (Å²) in [6.07, 6.45) is 2.94. The van der Waals surface area contributed by atoms with Crippen LogP contribution in [-0.4, -0.2) is 29.8 Å². The summed E-state index contributed by atoms with van der Waals surface area (Å²) in [5.41, 5.74) is 0. The molecular weight excluding hydrogens is 304 g/mol. The van der Waals surface area contributed by atoms with Gasteiger partial charge in [-0.05, 0) is 49.7 Å². The van der Waals surface area contributed by atoms with Gasteiger partial charge in [-0.2, -0.15) is 4.31 Å². The zero-order chi connectivity index (χ0) is 13.2. The van der Waals surface area contributed by atoms with Gasteiger partial charge in [-0.1, -0.05) is 0 Å². The first-order valence-electron chi connectivity index (χ1n) is 5.41. The lowest BCUT2D eigenvalue weighted by Gasteiger charge is -2.29. The third-order valence-corrected chi connectivity index (χ3v) is 4.92. The number of sulfonamides is 1. The van der Waals surface area contributed by atoms with Crippen molar-refractivity contribution in [1.82, 2.24) is 9.29 Å². The maximum absolute atomic E-state index is 12.4. The normalized spacial score (nSPS) is 12.7. The van der Waals surface area contributed by atoms with Crippen molar-refractivity contribution in [3.63, 3.8) is 0 Å². The highest BCUT2D eigenvalue weighted by atomic mass is 79.9. The SMILES string of the molecule is CC(C)N(C(C)C)S(=O)(=O)c1cncc(Br)c1. The fourth-order valence-electron chi connectivity index (χ4n) is 1.81. The largest absolute Gasteiger partial charge is 0.262 e. The lowest BCUT2D eigenvalue weighted by molar-refractivity contribution is 0.302.